The molecule has 0 aromatic carbocycles. The Bertz CT molecular complexity index is 841. The van der Waals surface area contributed by atoms with E-state index in [-0.39, 0.29) is 23.6 Å². The van der Waals surface area contributed by atoms with E-state index in [1.165, 1.54) is 6.33 Å². The maximum atomic E-state index is 12.2. The molecule has 2 aromatic heterocycles. The zero-order chi connectivity index (χ0) is 14.4. The van der Waals surface area contributed by atoms with Gasteiger partial charge >= 0.3 is 5.69 Å². The first kappa shape index (κ1) is 13.5. The van der Waals surface area contributed by atoms with Crippen LogP contribution in [0, 0.1) is 5.92 Å². The number of H-pyrrole nitrogens is 1. The van der Waals surface area contributed by atoms with Crippen molar-refractivity contribution in [1.82, 2.24) is 18.5 Å². The van der Waals surface area contributed by atoms with Gasteiger partial charge in [-0.25, -0.2) is 18.2 Å². The van der Waals surface area contributed by atoms with E-state index < -0.39 is 21.3 Å². The maximum absolute atomic E-state index is 12.2. The van der Waals surface area contributed by atoms with Crippen LogP contribution in [0.3, 0.4) is 0 Å². The van der Waals surface area contributed by atoms with Gasteiger partial charge in [0.15, 0.2) is 11.2 Å². The fourth-order valence-electron chi connectivity index (χ4n) is 1.85. The molecule has 0 saturated carbocycles. The van der Waals surface area contributed by atoms with Gasteiger partial charge in [-0.1, -0.05) is 13.8 Å². The quantitative estimate of drug-likeness (QED) is 0.807. The normalized spacial score (nSPS) is 12.4. The molecule has 0 fully saturated rings. The molecule has 2 heterocycles. The fraction of sp³-hybridized carbons (Fsp3) is 0.500. The summed E-state index contributed by atoms with van der Waals surface area (Å²) in [6.07, 6.45) is 2.08. The Morgan fingerprint density at radius 2 is 2.00 bits per heavy atom. The minimum atomic E-state index is -3.84. The smallest absolute Gasteiger partial charge is 0.339 e. The molecule has 1 N–H and O–H groups in total. The van der Waals surface area contributed by atoms with E-state index in [0.29, 0.717) is 3.97 Å². The number of hydrogen-bond donors (Lipinski definition) is 1. The second-order valence-electron chi connectivity index (χ2n) is 4.72. The Kier molecular flexibility index (Phi) is 3.09. The van der Waals surface area contributed by atoms with Crippen LogP contribution >= 0.6 is 0 Å². The second-order valence-corrected chi connectivity index (χ2v) is 6.55. The highest BCUT2D eigenvalue weighted by Crippen LogP contribution is 2.04. The highest BCUT2D eigenvalue weighted by atomic mass is 32.2. The summed E-state index contributed by atoms with van der Waals surface area (Å²) >= 11 is 0. The molecule has 0 aliphatic carbocycles. The molecule has 0 bridgehead atoms. The van der Waals surface area contributed by atoms with Crippen molar-refractivity contribution in [3.8, 4) is 0 Å². The van der Waals surface area contributed by atoms with Gasteiger partial charge in [0, 0.05) is 6.54 Å². The molecule has 2 aromatic rings. The largest absolute Gasteiger partial charge is 0.346 e. The lowest BCUT2D eigenvalue weighted by atomic mass is 10.2. The fourth-order valence-corrected chi connectivity index (χ4v) is 2.68. The SMILES string of the molecule is CC(C)Cn1c(=O)c2[nH]cnc2n(S(C)(=O)=O)c1=O. The third-order valence-electron chi connectivity index (χ3n) is 2.55. The molecule has 19 heavy (non-hydrogen) atoms. The molecule has 0 spiro atoms. The molecule has 0 aliphatic rings. The number of hydrogen-bond acceptors (Lipinski definition) is 5. The van der Waals surface area contributed by atoms with Gasteiger partial charge in [-0.2, -0.15) is 3.97 Å². The Labute approximate surface area is 108 Å². The van der Waals surface area contributed by atoms with Crippen LogP contribution in [-0.4, -0.2) is 33.2 Å². The van der Waals surface area contributed by atoms with Crippen molar-refractivity contribution in [2.24, 2.45) is 5.92 Å². The molecule has 0 amide bonds. The number of imidazole rings is 1. The minimum Gasteiger partial charge on any atom is -0.339 e. The monoisotopic (exact) mass is 286 g/mol. The number of aromatic amines is 1. The standard InChI is InChI=1S/C10H14N4O4S/c1-6(2)4-13-9(15)7-8(12-5-11-7)14(10(13)16)19(3,17)18/h5-6H,4H2,1-3H3,(H,11,12). The molecular formula is C10H14N4O4S. The summed E-state index contributed by atoms with van der Waals surface area (Å²) in [5, 5.41) is 0. The third-order valence-corrected chi connectivity index (χ3v) is 3.55. The zero-order valence-corrected chi connectivity index (χ0v) is 11.6. The van der Waals surface area contributed by atoms with Crippen LogP contribution in [0.15, 0.2) is 15.9 Å². The van der Waals surface area contributed by atoms with Gasteiger partial charge in [0.1, 0.15) is 0 Å². The van der Waals surface area contributed by atoms with E-state index in [1.807, 2.05) is 13.8 Å². The highest BCUT2D eigenvalue weighted by Gasteiger charge is 2.21. The molecule has 0 radical (unpaired) electrons. The number of aromatic nitrogens is 4. The first-order chi connectivity index (χ1) is 8.73. The lowest BCUT2D eigenvalue weighted by Gasteiger charge is -2.11. The first-order valence-corrected chi connectivity index (χ1v) is 7.47. The van der Waals surface area contributed by atoms with Crippen molar-refractivity contribution in [3.05, 3.63) is 27.2 Å². The Morgan fingerprint density at radius 3 is 2.53 bits per heavy atom. The van der Waals surface area contributed by atoms with Crippen LogP contribution in [-0.2, 0) is 16.6 Å². The maximum Gasteiger partial charge on any atom is 0.346 e. The first-order valence-electron chi connectivity index (χ1n) is 5.63. The average Bonchev–Trinajstić information content (AvgIpc) is 2.70. The van der Waals surface area contributed by atoms with Crippen molar-refractivity contribution < 1.29 is 8.42 Å². The lowest BCUT2D eigenvalue weighted by molar-refractivity contribution is 0.490. The van der Waals surface area contributed by atoms with Gasteiger partial charge in [-0.15, -0.1) is 0 Å². The molecule has 9 heteroatoms. The van der Waals surface area contributed by atoms with E-state index >= 15 is 0 Å². The Hall–Kier alpha value is -1.90. The van der Waals surface area contributed by atoms with E-state index in [0.717, 1.165) is 10.8 Å². The Balaban J connectivity index is 3.00. The predicted molar refractivity (Wildman–Crippen MR) is 69.7 cm³/mol. The van der Waals surface area contributed by atoms with Crippen molar-refractivity contribution in [2.75, 3.05) is 6.26 Å². The van der Waals surface area contributed by atoms with Gasteiger partial charge in [0.2, 0.25) is 10.0 Å². The summed E-state index contributed by atoms with van der Waals surface area (Å²) in [6, 6.07) is 0. The number of rotatable bonds is 3. The van der Waals surface area contributed by atoms with Crippen LogP contribution in [0.4, 0.5) is 0 Å². The van der Waals surface area contributed by atoms with Crippen molar-refractivity contribution in [3.63, 3.8) is 0 Å². The lowest BCUT2D eigenvalue weighted by Crippen LogP contribution is -2.43. The molecule has 2 rings (SSSR count). The minimum absolute atomic E-state index is 0.00525. The predicted octanol–water partition coefficient (Wildman–Crippen LogP) is -0.650. The van der Waals surface area contributed by atoms with Crippen LogP contribution < -0.4 is 11.2 Å². The van der Waals surface area contributed by atoms with Crippen LogP contribution in [0.25, 0.3) is 11.2 Å². The average molecular weight is 286 g/mol. The van der Waals surface area contributed by atoms with E-state index in [1.54, 1.807) is 0 Å². The van der Waals surface area contributed by atoms with Crippen LogP contribution in [0.1, 0.15) is 13.8 Å². The van der Waals surface area contributed by atoms with Crippen molar-refractivity contribution in [2.45, 2.75) is 20.4 Å². The Morgan fingerprint density at radius 1 is 1.37 bits per heavy atom. The zero-order valence-electron chi connectivity index (χ0n) is 10.7. The van der Waals surface area contributed by atoms with Gasteiger partial charge in [-0.05, 0) is 5.92 Å². The van der Waals surface area contributed by atoms with Gasteiger partial charge in [0.05, 0.1) is 12.6 Å². The summed E-state index contributed by atoms with van der Waals surface area (Å²) in [6.45, 7) is 3.80. The van der Waals surface area contributed by atoms with Gasteiger partial charge in [0.25, 0.3) is 5.56 Å². The number of nitrogens with zero attached hydrogens (tertiary/aromatic N) is 3. The summed E-state index contributed by atoms with van der Waals surface area (Å²) < 4.78 is 24.9. The molecule has 0 saturated heterocycles. The summed E-state index contributed by atoms with van der Waals surface area (Å²) in [4.78, 5) is 30.6. The van der Waals surface area contributed by atoms with Crippen LogP contribution in [0.2, 0.25) is 0 Å². The molecular weight excluding hydrogens is 272 g/mol. The molecule has 104 valence electrons. The number of nitrogens with one attached hydrogen (secondary N) is 1. The summed E-state index contributed by atoms with van der Waals surface area (Å²) in [7, 11) is -3.84. The van der Waals surface area contributed by atoms with Crippen LogP contribution in [0.5, 0.6) is 0 Å². The topological polar surface area (TPSA) is 107 Å². The molecule has 0 unspecified atom stereocenters. The number of fused-ring (bicyclic) bond motifs is 1. The van der Waals surface area contributed by atoms with E-state index in [4.69, 9.17) is 0 Å². The second kappa shape index (κ2) is 4.34. The summed E-state index contributed by atoms with van der Waals surface area (Å²) in [5.41, 5.74) is -1.62. The van der Waals surface area contributed by atoms with E-state index in [2.05, 4.69) is 9.97 Å². The van der Waals surface area contributed by atoms with E-state index in [9.17, 15) is 18.0 Å². The van der Waals surface area contributed by atoms with Gasteiger partial charge in [-0.3, -0.25) is 9.36 Å². The highest BCUT2D eigenvalue weighted by molar-refractivity contribution is 7.89. The molecule has 8 nitrogen and oxygen atoms in total. The summed E-state index contributed by atoms with van der Waals surface area (Å²) in [5.74, 6) is 0.0266. The van der Waals surface area contributed by atoms with Gasteiger partial charge < -0.3 is 4.98 Å². The third kappa shape index (κ3) is 2.21. The molecule has 0 aliphatic heterocycles. The molecule has 0 atom stereocenters. The van der Waals surface area contributed by atoms with Crippen molar-refractivity contribution in [1.29, 1.82) is 0 Å². The van der Waals surface area contributed by atoms with Crippen molar-refractivity contribution >= 4 is 21.2 Å².